The average molecular weight is 420 g/mol. The third-order valence-corrected chi connectivity index (χ3v) is 5.07. The minimum absolute atomic E-state index is 0. The Balaban J connectivity index is 0.000000429. The van der Waals surface area contributed by atoms with E-state index < -0.39 is 0 Å². The summed E-state index contributed by atoms with van der Waals surface area (Å²) in [7, 11) is 0. The Morgan fingerprint density at radius 1 is 0.548 bits per heavy atom. The molecule has 3 rings (SSSR count). The van der Waals surface area contributed by atoms with E-state index in [-0.39, 0.29) is 7.43 Å². The zero-order valence-corrected chi connectivity index (χ0v) is 20.2. The van der Waals surface area contributed by atoms with Crippen molar-refractivity contribution in [2.45, 2.75) is 80.6 Å². The molecule has 0 radical (unpaired) electrons. The molecule has 0 unspecified atom stereocenters. The van der Waals surface area contributed by atoms with Crippen molar-refractivity contribution in [2.75, 3.05) is 5.73 Å². The van der Waals surface area contributed by atoms with Crippen LogP contribution >= 0.6 is 0 Å². The molecule has 0 bridgehead atoms. The lowest BCUT2D eigenvalue weighted by molar-refractivity contribution is 0.865. The van der Waals surface area contributed by atoms with Crippen molar-refractivity contribution in [3.63, 3.8) is 0 Å². The number of benzene rings is 3. The highest BCUT2D eigenvalue weighted by molar-refractivity contribution is 5.47. The molecule has 3 aromatic rings. The van der Waals surface area contributed by atoms with E-state index in [2.05, 4.69) is 110 Å². The van der Waals surface area contributed by atoms with Gasteiger partial charge in [-0.25, -0.2) is 0 Å². The Hall–Kier alpha value is -2.54. The molecular weight excluding hydrogens is 374 g/mol. The van der Waals surface area contributed by atoms with Gasteiger partial charge in [-0.15, -0.1) is 0 Å². The first-order valence-corrected chi connectivity index (χ1v) is 11.1. The number of aryl methyl sites for hydroxylation is 2. The van der Waals surface area contributed by atoms with Crippen LogP contribution in [0, 0.1) is 13.8 Å². The SMILES string of the molecule is C.CC(C)c1ccccc1N.Cc1ccc(C(C)C)cc1.Cc1cccc(C(C)C)c1. The van der Waals surface area contributed by atoms with Crippen LogP contribution in [0.3, 0.4) is 0 Å². The maximum absolute atomic E-state index is 5.72. The summed E-state index contributed by atoms with van der Waals surface area (Å²) in [5.41, 5.74) is 13.4. The van der Waals surface area contributed by atoms with E-state index in [0.29, 0.717) is 17.8 Å². The van der Waals surface area contributed by atoms with E-state index >= 15 is 0 Å². The summed E-state index contributed by atoms with van der Waals surface area (Å²) in [6.45, 7) is 17.4. The fourth-order valence-electron chi connectivity index (χ4n) is 3.02. The Morgan fingerprint density at radius 3 is 1.48 bits per heavy atom. The first-order valence-electron chi connectivity index (χ1n) is 11.1. The normalized spacial score (nSPS) is 10.0. The fourth-order valence-corrected chi connectivity index (χ4v) is 3.02. The topological polar surface area (TPSA) is 26.0 Å². The van der Waals surface area contributed by atoms with Gasteiger partial charge in [-0.2, -0.15) is 0 Å². The summed E-state index contributed by atoms with van der Waals surface area (Å²) in [4.78, 5) is 0. The van der Waals surface area contributed by atoms with Gasteiger partial charge in [0, 0.05) is 5.69 Å². The van der Waals surface area contributed by atoms with Crippen molar-refractivity contribution in [1.29, 1.82) is 0 Å². The molecule has 0 heterocycles. The van der Waals surface area contributed by atoms with Crippen molar-refractivity contribution in [2.24, 2.45) is 0 Å². The Bertz CT molecular complexity index is 858. The maximum Gasteiger partial charge on any atom is 0.0349 e. The molecule has 170 valence electrons. The number of anilines is 1. The molecule has 1 nitrogen and oxygen atoms in total. The molecular formula is C30H45N. The summed E-state index contributed by atoms with van der Waals surface area (Å²) >= 11 is 0. The number of rotatable bonds is 3. The van der Waals surface area contributed by atoms with Gasteiger partial charge in [0.2, 0.25) is 0 Å². The van der Waals surface area contributed by atoms with Gasteiger partial charge >= 0.3 is 0 Å². The van der Waals surface area contributed by atoms with Crippen molar-refractivity contribution < 1.29 is 0 Å². The Kier molecular flexibility index (Phi) is 13.3. The molecule has 0 saturated heterocycles. The zero-order chi connectivity index (χ0) is 22.7. The second-order valence-electron chi connectivity index (χ2n) is 8.92. The molecule has 0 aromatic heterocycles. The van der Waals surface area contributed by atoms with Crippen LogP contribution in [0.15, 0.2) is 72.8 Å². The van der Waals surface area contributed by atoms with Crippen LogP contribution in [-0.4, -0.2) is 0 Å². The number of hydrogen-bond donors (Lipinski definition) is 1. The molecule has 2 N–H and O–H groups in total. The summed E-state index contributed by atoms with van der Waals surface area (Å²) in [5.74, 6) is 1.83. The van der Waals surface area contributed by atoms with Gasteiger partial charge in [0.05, 0.1) is 0 Å². The van der Waals surface area contributed by atoms with Crippen LogP contribution in [-0.2, 0) is 0 Å². The zero-order valence-electron chi connectivity index (χ0n) is 20.2. The predicted octanol–water partition coefficient (Wildman–Crippen LogP) is 9.27. The van der Waals surface area contributed by atoms with Gasteiger partial charge in [0.25, 0.3) is 0 Å². The number of nitrogens with two attached hydrogens (primary N) is 1. The lowest BCUT2D eigenvalue weighted by atomic mass is 10.0. The van der Waals surface area contributed by atoms with Crippen molar-refractivity contribution in [1.82, 2.24) is 0 Å². The largest absolute Gasteiger partial charge is 0.398 e. The maximum atomic E-state index is 5.72. The lowest BCUT2D eigenvalue weighted by Crippen LogP contribution is -1.94. The van der Waals surface area contributed by atoms with Gasteiger partial charge in [-0.05, 0) is 54.4 Å². The quantitative estimate of drug-likeness (QED) is 0.420. The molecule has 31 heavy (non-hydrogen) atoms. The third kappa shape index (κ3) is 10.9. The van der Waals surface area contributed by atoms with Crippen LogP contribution in [0.25, 0.3) is 0 Å². The highest BCUT2D eigenvalue weighted by Gasteiger charge is 2.00. The molecule has 0 spiro atoms. The molecule has 0 aliphatic heterocycles. The molecule has 0 amide bonds. The van der Waals surface area contributed by atoms with Crippen molar-refractivity contribution >= 4 is 5.69 Å². The molecule has 0 aliphatic carbocycles. The number of nitrogen functional groups attached to an aromatic ring is 1. The predicted molar refractivity (Wildman–Crippen MR) is 142 cm³/mol. The second-order valence-corrected chi connectivity index (χ2v) is 8.92. The fraction of sp³-hybridized carbons (Fsp3) is 0.400. The molecule has 1 heteroatoms. The highest BCUT2D eigenvalue weighted by atomic mass is 14.6. The standard InChI is InChI=1S/2C10H14.C9H13N.CH4/c1-8(2)10-6-4-9(3)5-7-10;1-8(2)10-6-4-5-9(3)7-10;1-7(2)8-5-3-4-6-9(8)10;/h2*4-8H,1-3H3;3-7H,10H2,1-2H3;1H4. The van der Waals surface area contributed by atoms with Gasteiger partial charge in [-0.3, -0.25) is 0 Å². The summed E-state index contributed by atoms with van der Waals surface area (Å²) in [5, 5.41) is 0. The van der Waals surface area contributed by atoms with Crippen LogP contribution in [0.1, 0.15) is 94.5 Å². The van der Waals surface area contributed by atoms with Crippen LogP contribution in [0.5, 0.6) is 0 Å². The Morgan fingerprint density at radius 2 is 1.10 bits per heavy atom. The summed E-state index contributed by atoms with van der Waals surface area (Å²) in [6.07, 6.45) is 0. The van der Waals surface area contributed by atoms with Crippen LogP contribution < -0.4 is 5.73 Å². The number of hydrogen-bond acceptors (Lipinski definition) is 1. The monoisotopic (exact) mass is 419 g/mol. The van der Waals surface area contributed by atoms with E-state index in [0.717, 1.165) is 5.69 Å². The minimum Gasteiger partial charge on any atom is -0.398 e. The number of para-hydroxylation sites is 1. The molecule has 0 atom stereocenters. The van der Waals surface area contributed by atoms with Gasteiger partial charge in [0.1, 0.15) is 0 Å². The first-order chi connectivity index (χ1) is 14.1. The van der Waals surface area contributed by atoms with E-state index in [1.54, 1.807) is 0 Å². The average Bonchev–Trinajstić information content (AvgIpc) is 2.69. The van der Waals surface area contributed by atoms with Crippen molar-refractivity contribution in [3.8, 4) is 0 Å². The van der Waals surface area contributed by atoms with E-state index in [9.17, 15) is 0 Å². The second kappa shape index (κ2) is 14.5. The van der Waals surface area contributed by atoms with Gasteiger partial charge in [-0.1, -0.05) is 127 Å². The van der Waals surface area contributed by atoms with E-state index in [1.807, 2.05) is 18.2 Å². The first kappa shape index (κ1) is 28.5. The third-order valence-electron chi connectivity index (χ3n) is 5.07. The van der Waals surface area contributed by atoms with Gasteiger partial charge in [0.15, 0.2) is 0 Å². The van der Waals surface area contributed by atoms with Crippen LogP contribution in [0.2, 0.25) is 0 Å². The molecule has 3 aromatic carbocycles. The Labute approximate surface area is 192 Å². The van der Waals surface area contributed by atoms with E-state index in [4.69, 9.17) is 5.73 Å². The highest BCUT2D eigenvalue weighted by Crippen LogP contribution is 2.20. The summed E-state index contributed by atoms with van der Waals surface area (Å²) in [6, 6.07) is 25.4. The van der Waals surface area contributed by atoms with E-state index in [1.165, 1.54) is 27.8 Å². The molecule has 0 saturated carbocycles. The minimum atomic E-state index is 0. The van der Waals surface area contributed by atoms with Crippen molar-refractivity contribution in [3.05, 3.63) is 101 Å². The molecule has 0 fully saturated rings. The smallest absolute Gasteiger partial charge is 0.0349 e. The van der Waals surface area contributed by atoms with Crippen LogP contribution in [0.4, 0.5) is 5.69 Å². The molecule has 0 aliphatic rings. The summed E-state index contributed by atoms with van der Waals surface area (Å²) < 4.78 is 0. The lowest BCUT2D eigenvalue weighted by Gasteiger charge is -2.07. The van der Waals surface area contributed by atoms with Gasteiger partial charge < -0.3 is 5.73 Å².